The minimum absolute atomic E-state index is 0.193. The minimum Gasteiger partial charge on any atom is -0.382 e. The summed E-state index contributed by atoms with van der Waals surface area (Å²) in [6.07, 6.45) is -4.54. The normalized spacial score (nSPS) is 12.8. The molecule has 0 saturated carbocycles. The van der Waals surface area contributed by atoms with Crippen molar-refractivity contribution in [3.63, 3.8) is 0 Å². The molecular formula is C18H14F3N3O. The van der Waals surface area contributed by atoms with Gasteiger partial charge in [-0.15, -0.1) is 0 Å². The summed E-state index contributed by atoms with van der Waals surface area (Å²) in [5, 5.41) is 9.23. The zero-order valence-corrected chi connectivity index (χ0v) is 13.0. The molecular weight excluding hydrogens is 331 g/mol. The van der Waals surface area contributed by atoms with E-state index in [0.29, 0.717) is 11.3 Å². The second-order valence-electron chi connectivity index (χ2n) is 5.39. The van der Waals surface area contributed by atoms with Crippen molar-refractivity contribution in [2.24, 2.45) is 0 Å². The second-order valence-corrected chi connectivity index (χ2v) is 5.39. The molecule has 4 nitrogen and oxygen atoms in total. The van der Waals surface area contributed by atoms with Crippen LogP contribution >= 0.6 is 0 Å². The number of fused-ring (bicyclic) bond motifs is 1. The van der Waals surface area contributed by atoms with Crippen LogP contribution in [-0.4, -0.2) is 25.2 Å². The molecule has 2 aromatic rings. The Hall–Kier alpha value is -3.14. The lowest BCUT2D eigenvalue weighted by Crippen LogP contribution is -2.20. The molecule has 2 aromatic carbocycles. The molecule has 0 spiro atoms. The van der Waals surface area contributed by atoms with Crippen molar-refractivity contribution in [2.45, 2.75) is 6.18 Å². The van der Waals surface area contributed by atoms with Crippen LogP contribution < -0.4 is 16.0 Å². The zero-order chi connectivity index (χ0) is 17.9. The first-order valence-electron chi connectivity index (χ1n) is 7.54. The Balaban J connectivity index is 1.70. The van der Waals surface area contributed by atoms with E-state index < -0.39 is 6.18 Å². The fraction of sp³-hybridized carbons (Fsp3) is 0.167. The molecule has 0 atom stereocenters. The molecule has 1 amide bonds. The highest BCUT2D eigenvalue weighted by atomic mass is 19.4. The third-order valence-electron chi connectivity index (χ3n) is 3.53. The Morgan fingerprint density at radius 3 is 2.36 bits per heavy atom. The monoisotopic (exact) mass is 345 g/mol. The molecule has 3 rings (SSSR count). The van der Waals surface area contributed by atoms with Crippen LogP contribution in [0.25, 0.3) is 0 Å². The average Bonchev–Trinajstić information content (AvgIpc) is 2.59. The predicted octanol–water partition coefficient (Wildman–Crippen LogP) is 3.69. The molecule has 128 valence electrons. The van der Waals surface area contributed by atoms with Gasteiger partial charge in [-0.05, 0) is 42.5 Å². The van der Waals surface area contributed by atoms with Gasteiger partial charge in [-0.1, -0.05) is 5.92 Å². The number of hydrogen-bond donors (Lipinski definition) is 3. The summed E-state index contributed by atoms with van der Waals surface area (Å²) in [4.78, 5) is 12.2. The lowest BCUT2D eigenvalue weighted by atomic mass is 10.1. The summed E-state index contributed by atoms with van der Waals surface area (Å²) < 4.78 is 36.2. The number of halogens is 3. The quantitative estimate of drug-likeness (QED) is 0.728. The molecule has 0 saturated heterocycles. The molecule has 0 unspecified atom stereocenters. The lowest BCUT2D eigenvalue weighted by Gasteiger charge is -2.20. The van der Waals surface area contributed by atoms with Gasteiger partial charge in [0.1, 0.15) is 0 Å². The highest BCUT2D eigenvalue weighted by Gasteiger charge is 2.22. The van der Waals surface area contributed by atoms with Crippen molar-refractivity contribution < 1.29 is 18.0 Å². The van der Waals surface area contributed by atoms with Crippen LogP contribution in [0, 0.1) is 11.8 Å². The van der Waals surface area contributed by atoms with Crippen LogP contribution in [0.5, 0.6) is 0 Å². The maximum absolute atomic E-state index is 12.2. The van der Waals surface area contributed by atoms with Gasteiger partial charge in [0.05, 0.1) is 11.4 Å². The van der Waals surface area contributed by atoms with E-state index in [1.165, 1.54) is 30.2 Å². The smallest absolute Gasteiger partial charge is 0.382 e. The van der Waals surface area contributed by atoms with Gasteiger partial charge in [-0.25, -0.2) is 0 Å². The van der Waals surface area contributed by atoms with E-state index in [2.05, 4.69) is 16.0 Å². The number of alkyl halides is 3. The molecule has 0 aromatic heterocycles. The Morgan fingerprint density at radius 1 is 1.00 bits per heavy atom. The van der Waals surface area contributed by atoms with Crippen molar-refractivity contribution in [2.75, 3.05) is 29.0 Å². The molecule has 1 heterocycles. The van der Waals surface area contributed by atoms with E-state index in [0.717, 1.165) is 24.5 Å². The maximum atomic E-state index is 12.2. The van der Waals surface area contributed by atoms with E-state index in [4.69, 9.17) is 0 Å². The third kappa shape index (κ3) is 4.44. The summed E-state index contributed by atoms with van der Waals surface area (Å²) in [7, 11) is 0. The molecule has 1 aliphatic heterocycles. The number of hydrogen-bond acceptors (Lipinski definition) is 3. The first kappa shape index (κ1) is 16.7. The summed E-state index contributed by atoms with van der Waals surface area (Å²) in [5.74, 6) is 2.86. The molecule has 0 aliphatic carbocycles. The van der Waals surface area contributed by atoms with Crippen LogP contribution in [0.3, 0.4) is 0 Å². The highest BCUT2D eigenvalue weighted by molar-refractivity contribution is 6.04. The summed E-state index contributed by atoms with van der Waals surface area (Å²) in [6.45, 7) is 1.63. The van der Waals surface area contributed by atoms with E-state index in [9.17, 15) is 18.0 Å². The summed E-state index contributed by atoms with van der Waals surface area (Å²) in [5.41, 5.74) is 3.03. The average molecular weight is 345 g/mol. The molecule has 0 fully saturated rings. The number of rotatable bonds is 2. The SMILES string of the molecule is O=C(Nc1ccc2c(c1)NCCN2)c1ccc(C#CC(F)(F)F)cc1. The Bertz CT molecular complexity index is 849. The van der Waals surface area contributed by atoms with Gasteiger partial charge in [-0.2, -0.15) is 13.2 Å². The standard InChI is InChI=1S/C18H14F3N3O/c19-18(20,21)8-7-12-1-3-13(4-2-12)17(25)24-14-5-6-15-16(11-14)23-10-9-22-15/h1-6,11,22-23H,9-10H2,(H,24,25). The van der Waals surface area contributed by atoms with Gasteiger partial charge in [-0.3, -0.25) is 4.79 Å². The fourth-order valence-corrected chi connectivity index (χ4v) is 2.37. The van der Waals surface area contributed by atoms with Crippen LogP contribution in [0.1, 0.15) is 15.9 Å². The topological polar surface area (TPSA) is 53.2 Å². The molecule has 7 heteroatoms. The van der Waals surface area contributed by atoms with Crippen molar-refractivity contribution in [1.82, 2.24) is 0 Å². The van der Waals surface area contributed by atoms with E-state index >= 15 is 0 Å². The van der Waals surface area contributed by atoms with Gasteiger partial charge >= 0.3 is 6.18 Å². The van der Waals surface area contributed by atoms with Crippen LogP contribution in [0.2, 0.25) is 0 Å². The first-order valence-corrected chi connectivity index (χ1v) is 7.54. The zero-order valence-electron chi connectivity index (χ0n) is 13.0. The molecule has 25 heavy (non-hydrogen) atoms. The van der Waals surface area contributed by atoms with Gasteiger partial charge in [0, 0.05) is 35.8 Å². The van der Waals surface area contributed by atoms with Crippen molar-refractivity contribution in [1.29, 1.82) is 0 Å². The van der Waals surface area contributed by atoms with Gasteiger partial charge < -0.3 is 16.0 Å². The Kier molecular flexibility index (Phi) is 4.52. The van der Waals surface area contributed by atoms with E-state index in [1.54, 1.807) is 6.07 Å². The van der Waals surface area contributed by atoms with Crippen molar-refractivity contribution in [3.05, 3.63) is 53.6 Å². The van der Waals surface area contributed by atoms with Crippen LogP contribution in [0.15, 0.2) is 42.5 Å². The van der Waals surface area contributed by atoms with E-state index in [1.807, 2.05) is 18.1 Å². The summed E-state index contributed by atoms with van der Waals surface area (Å²) >= 11 is 0. The molecule has 0 radical (unpaired) electrons. The number of carbonyl (C=O) groups is 1. The highest BCUT2D eigenvalue weighted by Crippen LogP contribution is 2.27. The number of anilines is 3. The maximum Gasteiger partial charge on any atom is 0.458 e. The van der Waals surface area contributed by atoms with Gasteiger partial charge in [0.25, 0.3) is 5.91 Å². The first-order chi connectivity index (χ1) is 11.9. The lowest BCUT2D eigenvalue weighted by molar-refractivity contribution is -0.0696. The second kappa shape index (κ2) is 6.77. The van der Waals surface area contributed by atoms with Gasteiger partial charge in [0.15, 0.2) is 0 Å². The van der Waals surface area contributed by atoms with Crippen LogP contribution in [0.4, 0.5) is 30.2 Å². The predicted molar refractivity (Wildman–Crippen MR) is 90.7 cm³/mol. The Labute approximate surface area is 142 Å². The van der Waals surface area contributed by atoms with Crippen molar-refractivity contribution in [3.8, 4) is 11.8 Å². The summed E-state index contributed by atoms with van der Waals surface area (Å²) in [6, 6.07) is 11.1. The molecule has 3 N–H and O–H groups in total. The Morgan fingerprint density at radius 2 is 1.68 bits per heavy atom. The molecule has 0 bridgehead atoms. The van der Waals surface area contributed by atoms with E-state index in [-0.39, 0.29) is 11.5 Å². The minimum atomic E-state index is -4.54. The number of amides is 1. The van der Waals surface area contributed by atoms with Crippen LogP contribution in [-0.2, 0) is 0 Å². The number of benzene rings is 2. The third-order valence-corrected chi connectivity index (χ3v) is 3.53. The fourth-order valence-electron chi connectivity index (χ4n) is 2.37. The number of nitrogens with one attached hydrogen (secondary N) is 3. The molecule has 1 aliphatic rings. The van der Waals surface area contributed by atoms with Gasteiger partial charge in [0.2, 0.25) is 0 Å². The van der Waals surface area contributed by atoms with Crippen molar-refractivity contribution >= 4 is 23.0 Å². The number of carbonyl (C=O) groups excluding carboxylic acids is 1. The largest absolute Gasteiger partial charge is 0.458 e.